The van der Waals surface area contributed by atoms with Crippen molar-refractivity contribution >= 4 is 5.57 Å². The smallest absolute Gasteiger partial charge is 0.248 e. The molecule has 6 nitrogen and oxygen atoms in total. The highest BCUT2D eigenvalue weighted by Crippen LogP contribution is 2.31. The van der Waals surface area contributed by atoms with Crippen molar-refractivity contribution in [3.8, 4) is 68.1 Å². The van der Waals surface area contributed by atoms with Crippen molar-refractivity contribution in [3.63, 3.8) is 0 Å². The number of rotatable bonds is 7. The zero-order valence-corrected chi connectivity index (χ0v) is 24.9. The summed E-state index contributed by atoms with van der Waals surface area (Å²) >= 11 is 0. The average molecular weight is 597 g/mol. The number of nitrogens with zero attached hydrogens (tertiary/aromatic N) is 4. The average Bonchev–Trinajstić information content (AvgIpc) is 3.84. The van der Waals surface area contributed by atoms with Gasteiger partial charge >= 0.3 is 0 Å². The van der Waals surface area contributed by atoms with Crippen molar-refractivity contribution < 1.29 is 8.83 Å². The van der Waals surface area contributed by atoms with E-state index in [1.54, 1.807) is 0 Å². The molecule has 0 saturated carbocycles. The van der Waals surface area contributed by atoms with Crippen LogP contribution in [0.15, 0.2) is 154 Å². The Morgan fingerprint density at radius 2 is 0.717 bits per heavy atom. The lowest BCUT2D eigenvalue weighted by Crippen LogP contribution is -1.88. The van der Waals surface area contributed by atoms with E-state index in [0.29, 0.717) is 23.6 Å². The molecule has 0 bridgehead atoms. The molecule has 2 heterocycles. The molecule has 0 N–H and O–H groups in total. The summed E-state index contributed by atoms with van der Waals surface area (Å²) in [6, 6.07) is 42.9. The highest BCUT2D eigenvalue weighted by atomic mass is 16.4. The van der Waals surface area contributed by atoms with E-state index in [4.69, 9.17) is 8.83 Å². The maximum absolute atomic E-state index is 6.04. The second kappa shape index (κ2) is 12.1. The molecule has 0 atom stereocenters. The quantitative estimate of drug-likeness (QED) is 0.182. The molecule has 0 spiro atoms. The molecule has 8 rings (SSSR count). The minimum atomic E-state index is 0.481. The third kappa shape index (κ3) is 5.60. The predicted molar refractivity (Wildman–Crippen MR) is 181 cm³/mol. The third-order valence-electron chi connectivity index (χ3n) is 8.20. The minimum absolute atomic E-state index is 0.481. The predicted octanol–water partition coefficient (Wildman–Crippen LogP) is 10.2. The number of hydrogen-bond acceptors (Lipinski definition) is 6. The Balaban J connectivity index is 0.939. The summed E-state index contributed by atoms with van der Waals surface area (Å²) in [5.41, 5.74) is 10.5. The fourth-order valence-electron chi connectivity index (χ4n) is 5.63. The molecule has 0 fully saturated rings. The molecule has 7 aromatic rings. The topological polar surface area (TPSA) is 77.8 Å². The van der Waals surface area contributed by atoms with Crippen LogP contribution in [0, 0.1) is 0 Å². The van der Waals surface area contributed by atoms with Gasteiger partial charge in [-0.25, -0.2) is 0 Å². The fourth-order valence-corrected chi connectivity index (χ4v) is 5.63. The minimum Gasteiger partial charge on any atom is -0.416 e. The van der Waals surface area contributed by atoms with Gasteiger partial charge in [-0.15, -0.1) is 20.4 Å². The molecule has 0 radical (unpaired) electrons. The molecular formula is C40H28N4O2. The molecule has 0 saturated heterocycles. The monoisotopic (exact) mass is 596 g/mol. The normalized spacial score (nSPS) is 12.7. The van der Waals surface area contributed by atoms with E-state index in [-0.39, 0.29) is 0 Å². The van der Waals surface area contributed by atoms with Gasteiger partial charge in [-0.1, -0.05) is 97.1 Å². The maximum Gasteiger partial charge on any atom is 0.248 e. The van der Waals surface area contributed by atoms with E-state index in [1.807, 2.05) is 66.7 Å². The van der Waals surface area contributed by atoms with Crippen LogP contribution in [0.2, 0.25) is 0 Å². The van der Waals surface area contributed by atoms with Crippen molar-refractivity contribution in [2.75, 3.05) is 0 Å². The van der Waals surface area contributed by atoms with Crippen LogP contribution in [0.5, 0.6) is 0 Å². The Labute approximate surface area is 266 Å². The van der Waals surface area contributed by atoms with E-state index >= 15 is 0 Å². The van der Waals surface area contributed by atoms with Crippen LogP contribution in [0.4, 0.5) is 0 Å². The molecule has 5 aromatic carbocycles. The van der Waals surface area contributed by atoms with Crippen molar-refractivity contribution in [1.82, 2.24) is 20.4 Å². The van der Waals surface area contributed by atoms with Gasteiger partial charge < -0.3 is 8.83 Å². The summed E-state index contributed by atoms with van der Waals surface area (Å²) in [5, 5.41) is 17.2. The molecule has 0 unspecified atom stereocenters. The van der Waals surface area contributed by atoms with E-state index < -0.39 is 0 Å². The fraction of sp³-hybridized carbons (Fsp3) is 0.0500. The van der Waals surface area contributed by atoms with Gasteiger partial charge in [0.05, 0.1) is 0 Å². The Kier molecular flexibility index (Phi) is 7.21. The van der Waals surface area contributed by atoms with Crippen LogP contribution in [-0.2, 0) is 0 Å². The van der Waals surface area contributed by atoms with Gasteiger partial charge in [0.1, 0.15) is 0 Å². The molecule has 2 aromatic heterocycles. The number of hydrogen-bond donors (Lipinski definition) is 0. The molecule has 6 heteroatoms. The SMILES string of the molecule is C1=CCCC(c2ccc(-c3nnc(-c4ccc(-c5ccc(-c6nnc(-c7ccc(-c8ccccc8)cc7)o6)cc5)cc4)o3)cc2)=C1. The Morgan fingerprint density at radius 3 is 1.09 bits per heavy atom. The van der Waals surface area contributed by atoms with Crippen molar-refractivity contribution in [3.05, 3.63) is 151 Å². The lowest BCUT2D eigenvalue weighted by atomic mass is 9.97. The van der Waals surface area contributed by atoms with Crippen molar-refractivity contribution in [2.24, 2.45) is 0 Å². The highest BCUT2D eigenvalue weighted by molar-refractivity contribution is 5.72. The second-order valence-corrected chi connectivity index (χ2v) is 11.2. The first-order valence-corrected chi connectivity index (χ1v) is 15.3. The maximum atomic E-state index is 6.04. The van der Waals surface area contributed by atoms with E-state index in [0.717, 1.165) is 51.8 Å². The van der Waals surface area contributed by atoms with Gasteiger partial charge in [-0.2, -0.15) is 0 Å². The first kappa shape index (κ1) is 27.4. The second-order valence-electron chi connectivity index (χ2n) is 11.2. The largest absolute Gasteiger partial charge is 0.416 e. The van der Waals surface area contributed by atoms with Gasteiger partial charge in [-0.05, 0) is 94.8 Å². The summed E-state index contributed by atoms with van der Waals surface area (Å²) in [6.07, 6.45) is 8.64. The van der Waals surface area contributed by atoms with Crippen LogP contribution in [-0.4, -0.2) is 20.4 Å². The summed E-state index contributed by atoms with van der Waals surface area (Å²) in [4.78, 5) is 0. The van der Waals surface area contributed by atoms with E-state index in [2.05, 4.69) is 99.3 Å². The van der Waals surface area contributed by atoms with Gasteiger partial charge in [0.25, 0.3) is 0 Å². The third-order valence-corrected chi connectivity index (χ3v) is 8.20. The van der Waals surface area contributed by atoms with Crippen LogP contribution in [0.1, 0.15) is 18.4 Å². The van der Waals surface area contributed by atoms with Gasteiger partial charge in [0, 0.05) is 22.3 Å². The summed E-state index contributed by atoms with van der Waals surface area (Å²) < 4.78 is 12.1. The van der Waals surface area contributed by atoms with E-state index in [9.17, 15) is 0 Å². The Hall–Kier alpha value is -6.14. The van der Waals surface area contributed by atoms with Crippen LogP contribution < -0.4 is 0 Å². The van der Waals surface area contributed by atoms with Gasteiger partial charge in [0.15, 0.2) is 0 Å². The molecule has 0 aliphatic heterocycles. The van der Waals surface area contributed by atoms with Gasteiger partial charge in [-0.3, -0.25) is 0 Å². The van der Waals surface area contributed by atoms with Gasteiger partial charge in [0.2, 0.25) is 23.6 Å². The zero-order valence-electron chi connectivity index (χ0n) is 24.9. The molecule has 1 aliphatic rings. The first-order chi connectivity index (χ1) is 22.8. The van der Waals surface area contributed by atoms with Crippen molar-refractivity contribution in [2.45, 2.75) is 12.8 Å². The van der Waals surface area contributed by atoms with E-state index in [1.165, 1.54) is 16.7 Å². The molecule has 1 aliphatic carbocycles. The van der Waals surface area contributed by atoms with Crippen LogP contribution in [0.3, 0.4) is 0 Å². The van der Waals surface area contributed by atoms with Crippen LogP contribution in [0.25, 0.3) is 73.6 Å². The van der Waals surface area contributed by atoms with Crippen molar-refractivity contribution in [1.29, 1.82) is 0 Å². The highest BCUT2D eigenvalue weighted by Gasteiger charge is 2.14. The molecular weight excluding hydrogens is 568 g/mol. The Bertz CT molecular complexity index is 2160. The lowest BCUT2D eigenvalue weighted by Gasteiger charge is -2.09. The molecule has 220 valence electrons. The number of aromatic nitrogens is 4. The standard InChI is InChI=1S/C40H28N4O2/c1-3-7-27(8-4-1)29-11-19-33(20-12-29)37-41-43-39(45-37)35-23-15-31(16-24-35)32-17-25-36(26-18-32)40-44-42-38(46-40)34-21-13-30(14-22-34)28-9-5-2-6-10-28/h1-5,7-9,11-26H,6,10H2. The summed E-state index contributed by atoms with van der Waals surface area (Å²) in [6.45, 7) is 0. The van der Waals surface area contributed by atoms with Crippen LogP contribution >= 0.6 is 0 Å². The summed E-state index contributed by atoms with van der Waals surface area (Å²) in [5.74, 6) is 1.97. The Morgan fingerprint density at radius 1 is 0.370 bits per heavy atom. The molecule has 46 heavy (non-hydrogen) atoms. The zero-order chi connectivity index (χ0) is 30.7. The molecule has 0 amide bonds. The first-order valence-electron chi connectivity index (χ1n) is 15.3. The summed E-state index contributed by atoms with van der Waals surface area (Å²) in [7, 11) is 0. The number of allylic oxidation sites excluding steroid dienone is 4. The number of benzene rings is 5. The lowest BCUT2D eigenvalue weighted by molar-refractivity contribution is 0.584.